The molecular formula is C34H51FN4O6S. The molecule has 0 bridgehead atoms. The molecule has 256 valence electrons. The summed E-state index contributed by atoms with van der Waals surface area (Å²) >= 11 is 0. The van der Waals surface area contributed by atoms with Crippen molar-refractivity contribution in [3.63, 3.8) is 0 Å². The van der Waals surface area contributed by atoms with Gasteiger partial charge in [0.15, 0.2) is 0 Å². The third-order valence-corrected chi connectivity index (χ3v) is 10.5. The van der Waals surface area contributed by atoms with Gasteiger partial charge in [0.2, 0.25) is 21.8 Å². The summed E-state index contributed by atoms with van der Waals surface area (Å²) < 4.78 is 40.6. The maximum atomic E-state index is 13.7. The summed E-state index contributed by atoms with van der Waals surface area (Å²) in [5.74, 6) is 2.17. The summed E-state index contributed by atoms with van der Waals surface area (Å²) in [6.45, 7) is -0.534. The number of nitrogens with one attached hydrogen (secondary N) is 2. The third-order valence-electron chi connectivity index (χ3n) is 8.57. The van der Waals surface area contributed by atoms with Crippen LogP contribution in [0.3, 0.4) is 0 Å². The fourth-order valence-electron chi connectivity index (χ4n) is 5.65. The van der Waals surface area contributed by atoms with E-state index in [0.29, 0.717) is 6.42 Å². The average Bonchev–Trinajstić information content (AvgIpc) is 3.05. The highest BCUT2D eigenvalue weighted by Crippen LogP contribution is 2.29. The molecule has 1 saturated carbocycles. The molecule has 1 aromatic carbocycles. The number of sulfonamides is 1. The van der Waals surface area contributed by atoms with Gasteiger partial charge < -0.3 is 20.8 Å². The van der Waals surface area contributed by atoms with Crippen LogP contribution >= 0.6 is 0 Å². The Morgan fingerprint density at radius 1 is 1.02 bits per heavy atom. The Hall–Kier alpha value is -3.00. The second-order valence-electron chi connectivity index (χ2n) is 12.3. The zero-order chi connectivity index (χ0) is 34.1. The molecule has 12 heteroatoms. The number of aliphatic hydroxyl groups excluding tert-OH is 2. The third kappa shape index (κ3) is 13.4. The van der Waals surface area contributed by atoms with Crippen molar-refractivity contribution in [1.82, 2.24) is 19.8 Å². The van der Waals surface area contributed by atoms with Gasteiger partial charge in [-0.3, -0.25) is 14.5 Å². The van der Waals surface area contributed by atoms with Gasteiger partial charge in [-0.05, 0) is 37.8 Å². The molecule has 4 N–H and O–H groups in total. The fourth-order valence-corrected chi connectivity index (χ4v) is 7.05. The largest absolute Gasteiger partial charge is 0.390 e. The predicted molar refractivity (Wildman–Crippen MR) is 177 cm³/mol. The molecule has 1 aliphatic carbocycles. The number of halogens is 1. The summed E-state index contributed by atoms with van der Waals surface area (Å²) in [4.78, 5) is 28.6. The minimum absolute atomic E-state index is 0.0302. The quantitative estimate of drug-likeness (QED) is 0.124. The minimum Gasteiger partial charge on any atom is -0.390 e. The number of nitrogens with zero attached hydrogens (tertiary/aromatic N) is 2. The molecule has 5 unspecified atom stereocenters. The first-order chi connectivity index (χ1) is 21.9. The van der Waals surface area contributed by atoms with E-state index in [0.717, 1.165) is 42.0 Å². The van der Waals surface area contributed by atoms with Crippen molar-refractivity contribution in [3.8, 4) is 24.7 Å². The lowest BCUT2D eigenvalue weighted by atomic mass is 9.82. The predicted octanol–water partition coefficient (Wildman–Crippen LogP) is 2.06. The summed E-state index contributed by atoms with van der Waals surface area (Å²) in [6.07, 6.45) is 14.3. The number of alkyl halides is 1. The molecule has 0 spiro atoms. The molecule has 10 nitrogen and oxygen atoms in total. The maximum Gasteiger partial charge on any atom is 0.243 e. The number of hydrogen-bond acceptors (Lipinski definition) is 7. The van der Waals surface area contributed by atoms with Crippen molar-refractivity contribution in [3.05, 3.63) is 35.9 Å². The summed E-state index contributed by atoms with van der Waals surface area (Å²) in [5.41, 5.74) is 0.729. The topological polar surface area (TPSA) is 139 Å². The Balaban J connectivity index is 2.26. The molecule has 2 amide bonds. The van der Waals surface area contributed by atoms with Crippen molar-refractivity contribution in [2.75, 3.05) is 39.7 Å². The monoisotopic (exact) mass is 662 g/mol. The van der Waals surface area contributed by atoms with Crippen LogP contribution in [0.25, 0.3) is 0 Å². The molecule has 0 aliphatic heterocycles. The van der Waals surface area contributed by atoms with Gasteiger partial charge in [-0.1, -0.05) is 62.4 Å². The van der Waals surface area contributed by atoms with E-state index < -0.39 is 64.6 Å². The lowest BCUT2D eigenvalue weighted by molar-refractivity contribution is -0.132. The molecule has 1 aromatic rings. The highest BCUT2D eigenvalue weighted by Gasteiger charge is 2.34. The smallest absolute Gasteiger partial charge is 0.243 e. The van der Waals surface area contributed by atoms with E-state index in [4.69, 9.17) is 12.8 Å². The number of rotatable bonds is 20. The van der Waals surface area contributed by atoms with Crippen LogP contribution in [0.15, 0.2) is 30.3 Å². The van der Waals surface area contributed by atoms with E-state index in [2.05, 4.69) is 22.5 Å². The number of hydrogen-bond donors (Lipinski definition) is 4. The van der Waals surface area contributed by atoms with E-state index in [9.17, 15) is 32.6 Å². The van der Waals surface area contributed by atoms with Crippen molar-refractivity contribution in [2.24, 2.45) is 11.8 Å². The van der Waals surface area contributed by atoms with Crippen LogP contribution in [0.5, 0.6) is 0 Å². The van der Waals surface area contributed by atoms with Gasteiger partial charge >= 0.3 is 0 Å². The molecule has 0 aromatic heterocycles. The van der Waals surface area contributed by atoms with Gasteiger partial charge in [-0.25, -0.2) is 17.1 Å². The lowest BCUT2D eigenvalue weighted by Crippen LogP contribution is -2.56. The Morgan fingerprint density at radius 2 is 1.70 bits per heavy atom. The van der Waals surface area contributed by atoms with Crippen molar-refractivity contribution in [1.29, 1.82) is 0 Å². The average molecular weight is 663 g/mol. The maximum absolute atomic E-state index is 13.7. The van der Waals surface area contributed by atoms with Gasteiger partial charge in [0.1, 0.15) is 18.9 Å². The van der Waals surface area contributed by atoms with E-state index in [1.807, 2.05) is 0 Å². The molecule has 0 heterocycles. The standard InChI is InChI=1S/C34H51FN4O6S/c1-5-7-19-31(40)32(41)30(23-27-17-12-9-13-18-27)37-34(43)29(14-6-2)36-33(42)28(22-26-15-10-8-11-16-26)24-46(44,45)39(4)21-20-38(3)25-35/h1-2,8,10-11,15-16,27-32,40-41H,7,9,12-14,17-25H2,3-4H3,(H,36,42)(H,37,43). The van der Waals surface area contributed by atoms with Gasteiger partial charge in [0.05, 0.1) is 23.8 Å². The van der Waals surface area contributed by atoms with Gasteiger partial charge in [0, 0.05) is 33.0 Å². The Labute approximate surface area is 274 Å². The summed E-state index contributed by atoms with van der Waals surface area (Å²) in [7, 11) is -1.05. The number of terminal acetylenes is 2. The summed E-state index contributed by atoms with van der Waals surface area (Å²) in [5, 5.41) is 27.2. The van der Waals surface area contributed by atoms with Crippen molar-refractivity contribution < 1.29 is 32.6 Å². The Bertz CT molecular complexity index is 1260. The number of amides is 2. The van der Waals surface area contributed by atoms with E-state index in [1.165, 1.54) is 19.0 Å². The molecule has 1 fully saturated rings. The van der Waals surface area contributed by atoms with Gasteiger partial charge in [0.25, 0.3) is 0 Å². The second kappa shape index (κ2) is 20.3. The first kappa shape index (κ1) is 39.2. The molecule has 5 atom stereocenters. The zero-order valence-electron chi connectivity index (χ0n) is 27.1. The molecule has 46 heavy (non-hydrogen) atoms. The Kier molecular flexibility index (Phi) is 17.3. The normalized spacial score (nSPS) is 17.3. The van der Waals surface area contributed by atoms with Crippen LogP contribution in [-0.4, -0.2) is 104 Å². The van der Waals surface area contributed by atoms with Crippen LogP contribution in [0.4, 0.5) is 4.39 Å². The van der Waals surface area contributed by atoms with Crippen LogP contribution in [0.2, 0.25) is 0 Å². The Morgan fingerprint density at radius 3 is 2.30 bits per heavy atom. The second-order valence-corrected chi connectivity index (χ2v) is 14.4. The highest BCUT2D eigenvalue weighted by atomic mass is 32.2. The number of carbonyl (C=O) groups is 2. The fraction of sp³-hybridized carbons (Fsp3) is 0.647. The van der Waals surface area contributed by atoms with E-state index >= 15 is 0 Å². The summed E-state index contributed by atoms with van der Waals surface area (Å²) in [6, 6.07) is 6.90. The highest BCUT2D eigenvalue weighted by molar-refractivity contribution is 7.89. The van der Waals surface area contributed by atoms with Crippen LogP contribution in [0.1, 0.15) is 63.4 Å². The van der Waals surface area contributed by atoms with E-state index in [1.54, 1.807) is 30.3 Å². The van der Waals surface area contributed by atoms with Crippen LogP contribution in [0, 0.1) is 36.5 Å². The first-order valence-corrected chi connectivity index (χ1v) is 17.6. The lowest BCUT2D eigenvalue weighted by Gasteiger charge is -2.33. The number of carbonyl (C=O) groups excluding carboxylic acids is 2. The molecular weight excluding hydrogens is 611 g/mol. The van der Waals surface area contributed by atoms with Crippen LogP contribution < -0.4 is 10.6 Å². The van der Waals surface area contributed by atoms with Crippen molar-refractivity contribution >= 4 is 21.8 Å². The minimum atomic E-state index is -3.95. The van der Waals surface area contributed by atoms with Crippen LogP contribution in [-0.2, 0) is 26.0 Å². The van der Waals surface area contributed by atoms with Crippen molar-refractivity contribution in [2.45, 2.75) is 88.5 Å². The van der Waals surface area contributed by atoms with Gasteiger partial charge in [-0.2, -0.15) is 0 Å². The SMILES string of the molecule is C#CCCC(O)C(O)C(CC1CCCCC1)NC(=O)C(CC#C)NC(=O)C(Cc1ccccc1)CS(=O)(=O)N(C)CCN(C)CF. The molecule has 0 saturated heterocycles. The van der Waals surface area contributed by atoms with E-state index in [-0.39, 0.29) is 44.7 Å². The molecule has 2 rings (SSSR count). The molecule has 0 radical (unpaired) electrons. The zero-order valence-corrected chi connectivity index (χ0v) is 27.9. The molecule has 1 aliphatic rings. The number of benzene rings is 1. The first-order valence-electron chi connectivity index (χ1n) is 16.0. The van der Waals surface area contributed by atoms with Gasteiger partial charge in [-0.15, -0.1) is 24.7 Å². The number of likely N-dealkylation sites (N-methyl/N-ethyl adjacent to an activating group) is 2. The number of aliphatic hydroxyl groups is 2.